The molecule has 7 nitrogen and oxygen atoms in total. The minimum absolute atomic E-state index is 0.118. The molecule has 1 heterocycles. The van der Waals surface area contributed by atoms with Crippen molar-refractivity contribution in [2.45, 2.75) is 25.7 Å². The minimum Gasteiger partial charge on any atom is -0.496 e. The van der Waals surface area contributed by atoms with Crippen molar-refractivity contribution in [1.29, 1.82) is 0 Å². The zero-order chi connectivity index (χ0) is 18.1. The molecular weight excluding hydrogens is 322 g/mol. The number of amides is 3. The van der Waals surface area contributed by atoms with E-state index < -0.39 is 0 Å². The first-order chi connectivity index (χ1) is 12.1. The van der Waals surface area contributed by atoms with Crippen LogP contribution in [0.25, 0.3) is 0 Å². The molecule has 25 heavy (non-hydrogen) atoms. The molecule has 0 unspecified atom stereocenters. The molecular formula is C18H25N3O4. The molecule has 0 aromatic heterocycles. The Morgan fingerprint density at radius 2 is 2.00 bits per heavy atom. The van der Waals surface area contributed by atoms with Gasteiger partial charge in [0, 0.05) is 39.0 Å². The van der Waals surface area contributed by atoms with Crippen LogP contribution in [0.1, 0.15) is 36.0 Å². The fourth-order valence-electron chi connectivity index (χ4n) is 2.74. The summed E-state index contributed by atoms with van der Waals surface area (Å²) in [5, 5.41) is 5.52. The van der Waals surface area contributed by atoms with E-state index >= 15 is 0 Å². The summed E-state index contributed by atoms with van der Waals surface area (Å²) in [6.45, 7) is 2.29. The van der Waals surface area contributed by atoms with E-state index in [1.54, 1.807) is 24.3 Å². The fraction of sp³-hybridized carbons (Fsp3) is 0.500. The van der Waals surface area contributed by atoms with E-state index in [-0.39, 0.29) is 30.7 Å². The third kappa shape index (κ3) is 5.77. The number of hydrogen-bond donors (Lipinski definition) is 2. The lowest BCUT2D eigenvalue weighted by atomic mass is 10.2. The fourth-order valence-corrected chi connectivity index (χ4v) is 2.74. The van der Waals surface area contributed by atoms with Crippen LogP contribution in [0.2, 0.25) is 0 Å². The molecule has 1 aromatic rings. The lowest BCUT2D eigenvalue weighted by Crippen LogP contribution is -2.33. The maximum Gasteiger partial charge on any atom is 0.255 e. The highest BCUT2D eigenvalue weighted by Crippen LogP contribution is 2.16. The van der Waals surface area contributed by atoms with Crippen molar-refractivity contribution in [3.8, 4) is 5.75 Å². The molecule has 136 valence electrons. The highest BCUT2D eigenvalue weighted by Gasteiger charge is 2.19. The smallest absolute Gasteiger partial charge is 0.255 e. The second-order valence-electron chi connectivity index (χ2n) is 5.89. The molecule has 0 bridgehead atoms. The van der Waals surface area contributed by atoms with Gasteiger partial charge in [0.25, 0.3) is 5.91 Å². The van der Waals surface area contributed by atoms with E-state index in [9.17, 15) is 14.4 Å². The Balaban J connectivity index is 1.60. The van der Waals surface area contributed by atoms with Crippen molar-refractivity contribution >= 4 is 17.7 Å². The maximum atomic E-state index is 12.1. The summed E-state index contributed by atoms with van der Waals surface area (Å²) in [7, 11) is 1.51. The van der Waals surface area contributed by atoms with Gasteiger partial charge in [-0.2, -0.15) is 0 Å². The van der Waals surface area contributed by atoms with Gasteiger partial charge in [0.05, 0.1) is 12.7 Å². The van der Waals surface area contributed by atoms with Crippen LogP contribution in [0, 0.1) is 0 Å². The van der Waals surface area contributed by atoms with E-state index in [4.69, 9.17) is 4.74 Å². The SMILES string of the molecule is COc1ccccc1C(=O)NCCC(=O)NCCCN1CCCC1=O. The summed E-state index contributed by atoms with van der Waals surface area (Å²) in [6.07, 6.45) is 2.52. The average molecular weight is 347 g/mol. The largest absolute Gasteiger partial charge is 0.496 e. The molecule has 0 radical (unpaired) electrons. The zero-order valence-electron chi connectivity index (χ0n) is 14.5. The Hall–Kier alpha value is -2.57. The van der Waals surface area contributed by atoms with Gasteiger partial charge in [0.1, 0.15) is 5.75 Å². The van der Waals surface area contributed by atoms with E-state index in [2.05, 4.69) is 10.6 Å². The monoisotopic (exact) mass is 347 g/mol. The van der Waals surface area contributed by atoms with Gasteiger partial charge >= 0.3 is 0 Å². The number of methoxy groups -OCH3 is 1. The minimum atomic E-state index is -0.266. The van der Waals surface area contributed by atoms with Crippen LogP contribution in [0.5, 0.6) is 5.75 Å². The first kappa shape index (κ1) is 18.8. The molecule has 1 saturated heterocycles. The molecule has 0 spiro atoms. The third-order valence-corrected chi connectivity index (χ3v) is 4.09. The van der Waals surface area contributed by atoms with Gasteiger partial charge in [-0.1, -0.05) is 12.1 Å². The van der Waals surface area contributed by atoms with Crippen LogP contribution >= 0.6 is 0 Å². The second kappa shape index (κ2) is 9.66. The van der Waals surface area contributed by atoms with Crippen molar-refractivity contribution in [2.75, 3.05) is 33.3 Å². The Morgan fingerprint density at radius 1 is 1.20 bits per heavy atom. The number of carbonyl (C=O) groups is 3. The van der Waals surface area contributed by atoms with Crippen molar-refractivity contribution in [3.05, 3.63) is 29.8 Å². The van der Waals surface area contributed by atoms with Gasteiger partial charge in [-0.15, -0.1) is 0 Å². The number of hydrogen-bond acceptors (Lipinski definition) is 4. The number of ether oxygens (including phenoxy) is 1. The molecule has 2 rings (SSSR count). The highest BCUT2D eigenvalue weighted by atomic mass is 16.5. The number of benzene rings is 1. The summed E-state index contributed by atoms with van der Waals surface area (Å²) >= 11 is 0. The van der Waals surface area contributed by atoms with E-state index in [0.29, 0.717) is 30.8 Å². The van der Waals surface area contributed by atoms with Crippen LogP contribution in [0.4, 0.5) is 0 Å². The zero-order valence-corrected chi connectivity index (χ0v) is 14.5. The van der Waals surface area contributed by atoms with Crippen LogP contribution in [0.3, 0.4) is 0 Å². The summed E-state index contributed by atoms with van der Waals surface area (Å²) in [5.74, 6) is 0.317. The summed E-state index contributed by atoms with van der Waals surface area (Å²) in [6, 6.07) is 6.94. The molecule has 1 fully saturated rings. The first-order valence-corrected chi connectivity index (χ1v) is 8.57. The number of para-hydroxylation sites is 1. The van der Waals surface area contributed by atoms with Gasteiger partial charge in [-0.3, -0.25) is 14.4 Å². The molecule has 2 N–H and O–H groups in total. The molecule has 1 aliphatic rings. The van der Waals surface area contributed by atoms with Gasteiger partial charge in [0.2, 0.25) is 11.8 Å². The topological polar surface area (TPSA) is 87.7 Å². The van der Waals surface area contributed by atoms with Crippen LogP contribution < -0.4 is 15.4 Å². The number of nitrogens with zero attached hydrogens (tertiary/aromatic N) is 1. The first-order valence-electron chi connectivity index (χ1n) is 8.57. The van der Waals surface area contributed by atoms with Crippen molar-refractivity contribution in [1.82, 2.24) is 15.5 Å². The summed E-state index contributed by atoms with van der Waals surface area (Å²) in [4.78, 5) is 37.2. The van der Waals surface area contributed by atoms with E-state index in [1.807, 2.05) is 4.90 Å². The average Bonchev–Trinajstić information content (AvgIpc) is 3.03. The summed E-state index contributed by atoms with van der Waals surface area (Å²) < 4.78 is 5.14. The standard InChI is InChI=1S/C18H25N3O4/c1-25-15-7-3-2-6-14(15)18(24)20-11-9-16(22)19-10-5-13-21-12-4-8-17(21)23/h2-3,6-7H,4-5,8-13H2,1H3,(H,19,22)(H,20,24). The molecule has 3 amide bonds. The number of nitrogens with one attached hydrogen (secondary N) is 2. The number of likely N-dealkylation sites (tertiary alicyclic amines) is 1. The van der Waals surface area contributed by atoms with Gasteiger partial charge in [-0.05, 0) is 25.0 Å². The molecule has 1 aliphatic heterocycles. The predicted molar refractivity (Wildman–Crippen MR) is 93.4 cm³/mol. The van der Waals surface area contributed by atoms with Crippen molar-refractivity contribution in [2.24, 2.45) is 0 Å². The quantitative estimate of drug-likeness (QED) is 0.651. The molecule has 7 heteroatoms. The van der Waals surface area contributed by atoms with E-state index in [1.165, 1.54) is 7.11 Å². The normalized spacial score (nSPS) is 13.6. The third-order valence-electron chi connectivity index (χ3n) is 4.09. The Labute approximate surface area is 147 Å². The number of carbonyl (C=O) groups excluding carboxylic acids is 3. The Bertz CT molecular complexity index is 618. The lowest BCUT2D eigenvalue weighted by molar-refractivity contribution is -0.127. The van der Waals surface area contributed by atoms with Gasteiger partial charge in [0.15, 0.2) is 0 Å². The van der Waals surface area contributed by atoms with Crippen molar-refractivity contribution in [3.63, 3.8) is 0 Å². The van der Waals surface area contributed by atoms with Crippen molar-refractivity contribution < 1.29 is 19.1 Å². The Morgan fingerprint density at radius 3 is 2.72 bits per heavy atom. The molecule has 0 saturated carbocycles. The maximum absolute atomic E-state index is 12.1. The van der Waals surface area contributed by atoms with Gasteiger partial charge in [-0.25, -0.2) is 0 Å². The van der Waals surface area contributed by atoms with Crippen LogP contribution in [-0.4, -0.2) is 55.9 Å². The predicted octanol–water partition coefficient (Wildman–Crippen LogP) is 0.944. The molecule has 1 aromatic carbocycles. The molecule has 0 atom stereocenters. The Kier molecular flexibility index (Phi) is 7.25. The molecule has 0 aliphatic carbocycles. The number of rotatable bonds is 9. The highest BCUT2D eigenvalue weighted by molar-refractivity contribution is 5.97. The summed E-state index contributed by atoms with van der Waals surface area (Å²) in [5.41, 5.74) is 0.445. The van der Waals surface area contributed by atoms with Crippen LogP contribution in [-0.2, 0) is 9.59 Å². The van der Waals surface area contributed by atoms with E-state index in [0.717, 1.165) is 19.4 Å². The second-order valence-corrected chi connectivity index (χ2v) is 5.89. The lowest BCUT2D eigenvalue weighted by Gasteiger charge is -2.15. The van der Waals surface area contributed by atoms with Gasteiger partial charge < -0.3 is 20.3 Å². The van der Waals surface area contributed by atoms with Crippen LogP contribution in [0.15, 0.2) is 24.3 Å².